The van der Waals surface area contributed by atoms with Gasteiger partial charge in [0.2, 0.25) is 0 Å². The Kier molecular flexibility index (Phi) is 5.78. The zero-order valence-electron chi connectivity index (χ0n) is 17.1. The van der Waals surface area contributed by atoms with Crippen LogP contribution in [0.5, 0.6) is 5.75 Å². The van der Waals surface area contributed by atoms with Crippen molar-refractivity contribution in [3.05, 3.63) is 46.9 Å². The maximum Gasteiger partial charge on any atom is 0.136 e. The summed E-state index contributed by atoms with van der Waals surface area (Å²) < 4.78 is 11.1. The smallest absolute Gasteiger partial charge is 0.136 e. The van der Waals surface area contributed by atoms with Crippen LogP contribution in [0.4, 0.5) is 5.82 Å². The molecule has 0 N–H and O–H groups in total. The summed E-state index contributed by atoms with van der Waals surface area (Å²) in [6.07, 6.45) is 0.982. The first-order valence-corrected chi connectivity index (χ1v) is 10.2. The zero-order valence-corrected chi connectivity index (χ0v) is 17.1. The lowest BCUT2D eigenvalue weighted by Crippen LogP contribution is -2.39. The molecule has 0 saturated carbocycles. The van der Waals surface area contributed by atoms with E-state index in [0.29, 0.717) is 5.92 Å². The Bertz CT molecular complexity index is 818. The van der Waals surface area contributed by atoms with Crippen LogP contribution in [-0.4, -0.2) is 54.8 Å². The van der Waals surface area contributed by atoms with Gasteiger partial charge < -0.3 is 14.4 Å². The highest BCUT2D eigenvalue weighted by molar-refractivity contribution is 5.51. The Labute approximate surface area is 167 Å². The van der Waals surface area contributed by atoms with E-state index in [-0.39, 0.29) is 0 Å². The van der Waals surface area contributed by atoms with Crippen LogP contribution >= 0.6 is 0 Å². The van der Waals surface area contributed by atoms with E-state index in [2.05, 4.69) is 35.8 Å². The normalized spacial score (nSPS) is 17.6. The number of rotatable bonds is 5. The van der Waals surface area contributed by atoms with Crippen LogP contribution in [0, 0.1) is 0 Å². The molecule has 6 nitrogen and oxygen atoms in total. The van der Waals surface area contributed by atoms with E-state index in [1.54, 1.807) is 7.11 Å². The fourth-order valence-corrected chi connectivity index (χ4v) is 3.99. The number of para-hydroxylation sites is 1. The van der Waals surface area contributed by atoms with Gasteiger partial charge in [-0.3, -0.25) is 4.90 Å². The van der Waals surface area contributed by atoms with Crippen molar-refractivity contribution in [3.63, 3.8) is 0 Å². The maximum atomic E-state index is 5.54. The largest absolute Gasteiger partial charge is 0.496 e. The molecule has 1 aromatic heterocycles. The highest BCUT2D eigenvalue weighted by Crippen LogP contribution is 2.30. The monoisotopic (exact) mass is 382 g/mol. The molecule has 4 rings (SSSR count). The van der Waals surface area contributed by atoms with E-state index < -0.39 is 0 Å². The molecule has 1 fully saturated rings. The fourth-order valence-electron chi connectivity index (χ4n) is 3.99. The second-order valence-corrected chi connectivity index (χ2v) is 7.86. The lowest BCUT2D eigenvalue weighted by atomic mass is 10.0. The molecule has 150 valence electrons. The van der Waals surface area contributed by atoms with Crippen LogP contribution in [0.1, 0.15) is 42.4 Å². The number of hydrogen-bond donors (Lipinski definition) is 0. The van der Waals surface area contributed by atoms with Crippen LogP contribution in [0.3, 0.4) is 0 Å². The predicted molar refractivity (Wildman–Crippen MR) is 110 cm³/mol. The Morgan fingerprint density at radius 3 is 2.64 bits per heavy atom. The van der Waals surface area contributed by atoms with E-state index in [4.69, 9.17) is 19.4 Å². The molecule has 1 aromatic carbocycles. The quantitative estimate of drug-likeness (QED) is 0.792. The van der Waals surface area contributed by atoms with Crippen LogP contribution in [0.25, 0.3) is 0 Å². The van der Waals surface area contributed by atoms with Crippen LogP contribution in [0.2, 0.25) is 0 Å². The van der Waals surface area contributed by atoms with Crippen molar-refractivity contribution < 1.29 is 9.47 Å². The van der Waals surface area contributed by atoms with Gasteiger partial charge in [-0.1, -0.05) is 32.0 Å². The average molecular weight is 383 g/mol. The first kappa shape index (κ1) is 19.2. The molecule has 0 radical (unpaired) electrons. The molecule has 2 aliphatic heterocycles. The van der Waals surface area contributed by atoms with E-state index in [1.807, 2.05) is 12.1 Å². The minimum atomic E-state index is 0.315. The SMILES string of the molecule is COc1ccccc1CN1CCc2c(nc(C(C)C)nc2N2CCOCC2)C1. The van der Waals surface area contributed by atoms with Gasteiger partial charge in [-0.25, -0.2) is 9.97 Å². The number of hydrogen-bond acceptors (Lipinski definition) is 6. The topological polar surface area (TPSA) is 50.7 Å². The van der Waals surface area contributed by atoms with Gasteiger partial charge >= 0.3 is 0 Å². The molecular weight excluding hydrogens is 352 g/mol. The summed E-state index contributed by atoms with van der Waals surface area (Å²) in [7, 11) is 1.74. The number of ether oxygens (including phenoxy) is 2. The van der Waals surface area contributed by atoms with Gasteiger partial charge in [0.15, 0.2) is 0 Å². The third-order valence-corrected chi connectivity index (χ3v) is 5.55. The van der Waals surface area contributed by atoms with Crippen molar-refractivity contribution in [2.75, 3.05) is 44.9 Å². The van der Waals surface area contributed by atoms with E-state index in [0.717, 1.165) is 69.8 Å². The van der Waals surface area contributed by atoms with E-state index in [1.165, 1.54) is 16.8 Å². The first-order valence-electron chi connectivity index (χ1n) is 10.2. The summed E-state index contributed by atoms with van der Waals surface area (Å²) in [5.41, 5.74) is 3.73. The number of morpholine rings is 1. The number of fused-ring (bicyclic) bond motifs is 1. The Balaban J connectivity index is 1.61. The lowest BCUT2D eigenvalue weighted by Gasteiger charge is -2.34. The molecular formula is C22H30N4O2. The van der Waals surface area contributed by atoms with Crippen LogP contribution < -0.4 is 9.64 Å². The maximum absolute atomic E-state index is 5.54. The molecule has 28 heavy (non-hydrogen) atoms. The van der Waals surface area contributed by atoms with Crippen molar-refractivity contribution in [1.29, 1.82) is 0 Å². The number of methoxy groups -OCH3 is 1. The lowest BCUT2D eigenvalue weighted by molar-refractivity contribution is 0.122. The molecule has 2 aliphatic rings. The van der Waals surface area contributed by atoms with Gasteiger partial charge in [0.25, 0.3) is 0 Å². The second-order valence-electron chi connectivity index (χ2n) is 7.86. The van der Waals surface area contributed by atoms with Gasteiger partial charge in [0.05, 0.1) is 26.0 Å². The first-order chi connectivity index (χ1) is 13.7. The molecule has 0 aliphatic carbocycles. The molecule has 3 heterocycles. The van der Waals surface area contributed by atoms with Crippen molar-refractivity contribution in [2.24, 2.45) is 0 Å². The molecule has 6 heteroatoms. The molecule has 0 unspecified atom stereocenters. The Hall–Kier alpha value is -2.18. The standard InChI is InChI=1S/C22H30N4O2/c1-16(2)21-23-19-15-25(14-17-6-4-5-7-20(17)27-3)9-8-18(19)22(24-21)26-10-12-28-13-11-26/h4-7,16H,8-15H2,1-3H3. The molecule has 0 amide bonds. The average Bonchev–Trinajstić information content (AvgIpc) is 2.73. The predicted octanol–water partition coefficient (Wildman–Crippen LogP) is 3.00. The third kappa shape index (κ3) is 3.98. The Morgan fingerprint density at radius 2 is 1.89 bits per heavy atom. The summed E-state index contributed by atoms with van der Waals surface area (Å²) in [6, 6.07) is 8.27. The minimum absolute atomic E-state index is 0.315. The number of benzene rings is 1. The van der Waals surface area contributed by atoms with Gasteiger partial charge in [0.1, 0.15) is 17.4 Å². The highest BCUT2D eigenvalue weighted by atomic mass is 16.5. The van der Waals surface area contributed by atoms with Gasteiger partial charge in [0, 0.05) is 49.8 Å². The highest BCUT2D eigenvalue weighted by Gasteiger charge is 2.26. The van der Waals surface area contributed by atoms with E-state index in [9.17, 15) is 0 Å². The third-order valence-electron chi connectivity index (χ3n) is 5.55. The van der Waals surface area contributed by atoms with Crippen molar-refractivity contribution in [3.8, 4) is 5.75 Å². The van der Waals surface area contributed by atoms with Gasteiger partial charge in [-0.15, -0.1) is 0 Å². The van der Waals surface area contributed by atoms with Crippen LogP contribution in [-0.2, 0) is 24.2 Å². The summed E-state index contributed by atoms with van der Waals surface area (Å²) in [5, 5.41) is 0. The summed E-state index contributed by atoms with van der Waals surface area (Å²) in [6.45, 7) is 10.4. The van der Waals surface area contributed by atoms with Crippen molar-refractivity contribution >= 4 is 5.82 Å². The van der Waals surface area contributed by atoms with Gasteiger partial charge in [-0.05, 0) is 12.5 Å². The summed E-state index contributed by atoms with van der Waals surface area (Å²) in [5.74, 6) is 3.34. The zero-order chi connectivity index (χ0) is 19.5. The number of anilines is 1. The molecule has 1 saturated heterocycles. The van der Waals surface area contributed by atoms with Crippen molar-refractivity contribution in [2.45, 2.75) is 39.3 Å². The summed E-state index contributed by atoms with van der Waals surface area (Å²) in [4.78, 5) is 14.8. The molecule has 0 bridgehead atoms. The second kappa shape index (κ2) is 8.45. The molecule has 2 aromatic rings. The number of aromatic nitrogens is 2. The number of nitrogens with zero attached hydrogens (tertiary/aromatic N) is 4. The van der Waals surface area contributed by atoms with E-state index >= 15 is 0 Å². The molecule has 0 spiro atoms. The van der Waals surface area contributed by atoms with Gasteiger partial charge in [-0.2, -0.15) is 0 Å². The Morgan fingerprint density at radius 1 is 1.11 bits per heavy atom. The fraction of sp³-hybridized carbons (Fsp3) is 0.545. The van der Waals surface area contributed by atoms with Crippen LogP contribution in [0.15, 0.2) is 24.3 Å². The van der Waals surface area contributed by atoms with Crippen molar-refractivity contribution in [1.82, 2.24) is 14.9 Å². The minimum Gasteiger partial charge on any atom is -0.496 e. The molecule has 0 atom stereocenters. The summed E-state index contributed by atoms with van der Waals surface area (Å²) >= 11 is 0.